The van der Waals surface area contributed by atoms with Gasteiger partial charge in [0.25, 0.3) is 0 Å². The summed E-state index contributed by atoms with van der Waals surface area (Å²) in [5, 5.41) is 10.6. The van der Waals surface area contributed by atoms with Crippen LogP contribution in [-0.2, 0) is 65.4 Å². The third kappa shape index (κ3) is 72.4. The smallest absolute Gasteiger partial charge is 0.462 e. The predicted molar refractivity (Wildman–Crippen MR) is 400 cm³/mol. The van der Waals surface area contributed by atoms with Gasteiger partial charge in [0, 0.05) is 25.7 Å². The monoisotopic (exact) mass is 1440 g/mol. The Morgan fingerprint density at radius 3 is 0.633 bits per heavy atom. The molecule has 0 aliphatic heterocycles. The Hall–Kier alpha value is -1.94. The lowest BCUT2D eigenvalue weighted by Crippen LogP contribution is -2.30. The molecule has 3 unspecified atom stereocenters. The minimum Gasteiger partial charge on any atom is -0.462 e. The number of rotatable bonds is 76. The summed E-state index contributed by atoms with van der Waals surface area (Å²) < 4.78 is 68.6. The predicted octanol–water partition coefficient (Wildman–Crippen LogP) is 23.2. The van der Waals surface area contributed by atoms with Gasteiger partial charge in [0.15, 0.2) is 12.2 Å². The summed E-state index contributed by atoms with van der Waals surface area (Å²) in [6, 6.07) is 0. The molecule has 0 spiro atoms. The maximum absolute atomic E-state index is 13.1. The van der Waals surface area contributed by atoms with E-state index in [2.05, 4.69) is 55.4 Å². The number of esters is 4. The molecule has 0 saturated heterocycles. The van der Waals surface area contributed by atoms with Crippen molar-refractivity contribution in [2.45, 2.75) is 420 Å². The summed E-state index contributed by atoms with van der Waals surface area (Å²) in [5.74, 6) is 0.911. The van der Waals surface area contributed by atoms with Crippen molar-refractivity contribution in [2.75, 3.05) is 39.6 Å². The van der Waals surface area contributed by atoms with Crippen LogP contribution >= 0.6 is 15.6 Å². The lowest BCUT2D eigenvalue weighted by atomic mass is 10.0. The van der Waals surface area contributed by atoms with Gasteiger partial charge in [-0.3, -0.25) is 37.3 Å². The summed E-state index contributed by atoms with van der Waals surface area (Å²) in [6.45, 7) is 14.2. The summed E-state index contributed by atoms with van der Waals surface area (Å²) in [6.07, 6.45) is 54.4. The van der Waals surface area contributed by atoms with E-state index in [9.17, 15) is 43.2 Å². The first kappa shape index (κ1) is 96.1. The highest BCUT2D eigenvalue weighted by atomic mass is 31.2. The molecule has 19 heteroatoms. The molecule has 0 aromatic rings. The van der Waals surface area contributed by atoms with Gasteiger partial charge in [-0.2, -0.15) is 0 Å². The first-order valence-electron chi connectivity index (χ1n) is 40.7. The average molecular weight is 1440 g/mol. The fraction of sp³-hybridized carbons (Fsp3) is 0.949. The van der Waals surface area contributed by atoms with E-state index in [-0.39, 0.29) is 25.7 Å². The van der Waals surface area contributed by atoms with Crippen LogP contribution in [0.2, 0.25) is 0 Å². The molecule has 0 aromatic carbocycles. The third-order valence-corrected chi connectivity index (χ3v) is 20.2. The van der Waals surface area contributed by atoms with Crippen LogP contribution in [0.3, 0.4) is 0 Å². The second kappa shape index (κ2) is 68.2. The first-order valence-corrected chi connectivity index (χ1v) is 43.7. The minimum absolute atomic E-state index is 0.103. The van der Waals surface area contributed by atoms with Gasteiger partial charge < -0.3 is 33.8 Å². The van der Waals surface area contributed by atoms with E-state index in [4.69, 9.17) is 37.0 Å². The molecule has 0 amide bonds. The lowest BCUT2D eigenvalue weighted by molar-refractivity contribution is -0.161. The van der Waals surface area contributed by atoms with Crippen molar-refractivity contribution in [3.05, 3.63) is 0 Å². The number of aliphatic hydroxyl groups excluding tert-OH is 1. The van der Waals surface area contributed by atoms with E-state index in [1.807, 2.05) is 0 Å². The van der Waals surface area contributed by atoms with Gasteiger partial charge in [-0.05, 0) is 49.4 Å². The van der Waals surface area contributed by atoms with E-state index < -0.39 is 97.5 Å². The van der Waals surface area contributed by atoms with Gasteiger partial charge >= 0.3 is 39.5 Å². The minimum atomic E-state index is -4.96. The molecule has 0 aliphatic carbocycles. The molecule has 0 bridgehead atoms. The van der Waals surface area contributed by atoms with E-state index in [1.165, 1.54) is 205 Å². The van der Waals surface area contributed by atoms with E-state index in [0.717, 1.165) is 108 Å². The SMILES string of the molecule is CC(C)CCCCCCCCCCCCCCCCCCCCC(=O)OC[C@H](COP(=O)(O)OCC(O)COP(=O)(O)OC[C@@H](COC(=O)CCCCCCCCCCC(C)C)OC(=O)CCCCCCCCCC(C)C)OC(=O)CCCCCCCCCCCCCCCC(C)C. The Morgan fingerprint density at radius 1 is 0.255 bits per heavy atom. The zero-order valence-corrected chi connectivity index (χ0v) is 66.2. The number of ether oxygens (including phenoxy) is 4. The Labute approximate surface area is 600 Å². The molecule has 0 radical (unpaired) electrons. The molecule has 0 saturated carbocycles. The number of hydrogen-bond acceptors (Lipinski definition) is 15. The Bertz CT molecular complexity index is 1920. The molecular weight excluding hydrogens is 1280 g/mol. The van der Waals surface area contributed by atoms with Gasteiger partial charge in [-0.15, -0.1) is 0 Å². The Kier molecular flexibility index (Phi) is 66.8. The molecule has 0 heterocycles. The first-order chi connectivity index (χ1) is 47.1. The second-order valence-electron chi connectivity index (χ2n) is 30.4. The quantitative estimate of drug-likeness (QED) is 0.0222. The Balaban J connectivity index is 5.19. The van der Waals surface area contributed by atoms with Gasteiger partial charge in [0.2, 0.25) is 0 Å². The number of aliphatic hydroxyl groups is 1. The summed E-state index contributed by atoms with van der Waals surface area (Å²) >= 11 is 0. The zero-order chi connectivity index (χ0) is 72.4. The third-order valence-electron chi connectivity index (χ3n) is 18.3. The van der Waals surface area contributed by atoms with Gasteiger partial charge in [0.1, 0.15) is 19.3 Å². The number of hydrogen-bond donors (Lipinski definition) is 3. The van der Waals surface area contributed by atoms with Crippen molar-refractivity contribution in [1.29, 1.82) is 0 Å². The molecule has 0 aliphatic rings. The van der Waals surface area contributed by atoms with Gasteiger partial charge in [-0.25, -0.2) is 9.13 Å². The topological polar surface area (TPSA) is 237 Å². The van der Waals surface area contributed by atoms with Crippen molar-refractivity contribution in [3.63, 3.8) is 0 Å². The van der Waals surface area contributed by atoms with Crippen molar-refractivity contribution in [2.24, 2.45) is 23.7 Å². The van der Waals surface area contributed by atoms with E-state index in [0.29, 0.717) is 31.6 Å². The van der Waals surface area contributed by atoms with E-state index in [1.54, 1.807) is 0 Å². The molecule has 582 valence electrons. The van der Waals surface area contributed by atoms with Crippen LogP contribution in [0, 0.1) is 23.7 Å². The molecule has 3 N–H and O–H groups in total. The lowest BCUT2D eigenvalue weighted by Gasteiger charge is -2.21. The number of unbranched alkanes of at least 4 members (excludes halogenated alkanes) is 42. The molecule has 5 atom stereocenters. The van der Waals surface area contributed by atoms with Crippen LogP contribution in [-0.4, -0.2) is 96.7 Å². The van der Waals surface area contributed by atoms with Crippen LogP contribution in [0.1, 0.15) is 402 Å². The van der Waals surface area contributed by atoms with Crippen molar-refractivity contribution >= 4 is 39.5 Å². The number of carbonyl (C=O) groups is 4. The summed E-state index contributed by atoms with van der Waals surface area (Å²) in [7, 11) is -9.92. The fourth-order valence-corrected chi connectivity index (χ4v) is 13.7. The van der Waals surface area contributed by atoms with Crippen LogP contribution in [0.5, 0.6) is 0 Å². The average Bonchev–Trinajstić information content (AvgIpc) is 1.80. The van der Waals surface area contributed by atoms with Crippen LogP contribution in [0.15, 0.2) is 0 Å². The zero-order valence-electron chi connectivity index (χ0n) is 64.4. The molecule has 0 fully saturated rings. The second-order valence-corrected chi connectivity index (χ2v) is 33.3. The number of phosphoric acid groups is 2. The molecule has 0 aromatic heterocycles. The largest absolute Gasteiger partial charge is 0.472 e. The maximum Gasteiger partial charge on any atom is 0.472 e. The van der Waals surface area contributed by atoms with Crippen molar-refractivity contribution in [1.82, 2.24) is 0 Å². The number of phosphoric ester groups is 2. The molecule has 98 heavy (non-hydrogen) atoms. The summed E-state index contributed by atoms with van der Waals surface area (Å²) in [5.41, 5.74) is 0. The Morgan fingerprint density at radius 2 is 0.429 bits per heavy atom. The fourth-order valence-electron chi connectivity index (χ4n) is 12.1. The van der Waals surface area contributed by atoms with Gasteiger partial charge in [-0.1, -0.05) is 351 Å². The van der Waals surface area contributed by atoms with Gasteiger partial charge in [0.05, 0.1) is 26.4 Å². The van der Waals surface area contributed by atoms with Crippen molar-refractivity contribution in [3.8, 4) is 0 Å². The summed E-state index contributed by atoms with van der Waals surface area (Å²) in [4.78, 5) is 72.9. The van der Waals surface area contributed by atoms with Crippen LogP contribution in [0.25, 0.3) is 0 Å². The van der Waals surface area contributed by atoms with Crippen molar-refractivity contribution < 1.29 is 80.2 Å². The van der Waals surface area contributed by atoms with Crippen LogP contribution in [0.4, 0.5) is 0 Å². The molecular formula is C79H154O17P2. The number of carbonyl (C=O) groups excluding carboxylic acids is 4. The highest BCUT2D eigenvalue weighted by Gasteiger charge is 2.30. The van der Waals surface area contributed by atoms with E-state index >= 15 is 0 Å². The molecule has 17 nitrogen and oxygen atoms in total. The van der Waals surface area contributed by atoms with Crippen LogP contribution < -0.4 is 0 Å². The normalized spacial score (nSPS) is 14.1. The maximum atomic E-state index is 13.1. The molecule has 0 rings (SSSR count). The highest BCUT2D eigenvalue weighted by Crippen LogP contribution is 2.45. The standard InChI is InChI=1S/C79H154O17P2/c1-69(2)55-47-39-31-24-20-16-13-11-9-10-12-14-18-22-26-35-43-51-59-76(81)89-65-74(95-78(83)61-53-45-37-27-23-19-15-17-21-25-32-40-48-56-70(3)4)67-93-97(85,86)91-63-73(80)64-92-98(87,88)94-68-75(96-79(84)62-54-46-38-30-34-42-50-58-72(7)8)66-90-77(82)60-52-44-36-29-28-33-41-49-57-71(5)6/h69-75,80H,9-68H2,1-8H3,(H,85,86)(H,87,88)/t73?,74-,75-/m1/s1. The highest BCUT2D eigenvalue weighted by molar-refractivity contribution is 7.47.